The van der Waals surface area contributed by atoms with Crippen LogP contribution in [0.15, 0.2) is 11.3 Å². The Kier molecular flexibility index (Phi) is 2.55. The normalized spacial score (nSPS) is 23.8. The molecule has 2 nitrogen and oxygen atoms in total. The Balaban J connectivity index is 2.68. The Morgan fingerprint density at radius 2 is 2.08 bits per heavy atom. The summed E-state index contributed by atoms with van der Waals surface area (Å²) in [6.07, 6.45) is 1.45. The van der Waals surface area contributed by atoms with E-state index >= 15 is 0 Å². The molecule has 0 spiro atoms. The maximum Gasteiger partial charge on any atom is 0.159 e. The van der Waals surface area contributed by atoms with E-state index in [0.29, 0.717) is 29.6 Å². The fourth-order valence-corrected chi connectivity index (χ4v) is 1.64. The van der Waals surface area contributed by atoms with Crippen molar-refractivity contribution >= 4 is 5.78 Å². The monoisotopic (exact) mass is 168 g/mol. The lowest BCUT2D eigenvalue weighted by Crippen LogP contribution is -2.05. The summed E-state index contributed by atoms with van der Waals surface area (Å²) in [4.78, 5) is 11.0. The minimum absolute atomic E-state index is 0.0238. The third kappa shape index (κ3) is 1.68. The van der Waals surface area contributed by atoms with Crippen molar-refractivity contribution < 1.29 is 9.90 Å². The molecule has 1 rings (SSSR count). The molecule has 1 N–H and O–H groups in total. The second-order valence-corrected chi connectivity index (χ2v) is 3.89. The first-order chi connectivity index (χ1) is 5.52. The van der Waals surface area contributed by atoms with Gasteiger partial charge in [-0.05, 0) is 25.2 Å². The predicted octanol–water partition coefficient (Wildman–Crippen LogP) is 2.45. The summed E-state index contributed by atoms with van der Waals surface area (Å²) in [7, 11) is 0. The lowest BCUT2D eigenvalue weighted by atomic mass is 9.92. The summed E-state index contributed by atoms with van der Waals surface area (Å²) in [5, 5.41) is 9.44. The van der Waals surface area contributed by atoms with Crippen LogP contribution in [-0.2, 0) is 4.79 Å². The van der Waals surface area contributed by atoms with Crippen LogP contribution in [0.2, 0.25) is 0 Å². The molecule has 0 aromatic carbocycles. The van der Waals surface area contributed by atoms with E-state index in [9.17, 15) is 9.90 Å². The molecule has 0 amide bonds. The zero-order valence-electron chi connectivity index (χ0n) is 7.92. The van der Waals surface area contributed by atoms with Crippen LogP contribution in [0.25, 0.3) is 0 Å². The molecule has 0 saturated carbocycles. The van der Waals surface area contributed by atoms with Crippen LogP contribution < -0.4 is 0 Å². The third-order valence-electron chi connectivity index (χ3n) is 2.64. The SMILES string of the molecule is CC(=O)C1=C(O)CC(C(C)C)C1. The van der Waals surface area contributed by atoms with Crippen molar-refractivity contribution in [2.75, 3.05) is 0 Å². The minimum atomic E-state index is 0.0238. The number of ketones is 1. The molecule has 2 heteroatoms. The third-order valence-corrected chi connectivity index (χ3v) is 2.64. The average Bonchev–Trinajstić information content (AvgIpc) is 2.30. The van der Waals surface area contributed by atoms with Crippen LogP contribution in [0.3, 0.4) is 0 Å². The fraction of sp³-hybridized carbons (Fsp3) is 0.700. The molecule has 0 fully saturated rings. The van der Waals surface area contributed by atoms with Crippen molar-refractivity contribution in [1.29, 1.82) is 0 Å². The van der Waals surface area contributed by atoms with Gasteiger partial charge in [0.05, 0.1) is 5.76 Å². The van der Waals surface area contributed by atoms with E-state index in [4.69, 9.17) is 0 Å². The zero-order chi connectivity index (χ0) is 9.30. The molecule has 0 saturated heterocycles. The summed E-state index contributed by atoms with van der Waals surface area (Å²) in [5.41, 5.74) is 0.647. The largest absolute Gasteiger partial charge is 0.512 e. The Hall–Kier alpha value is -0.790. The molecule has 68 valence electrons. The molecule has 1 aliphatic rings. The highest BCUT2D eigenvalue weighted by Gasteiger charge is 2.28. The second-order valence-electron chi connectivity index (χ2n) is 3.89. The van der Waals surface area contributed by atoms with E-state index in [-0.39, 0.29) is 5.78 Å². The molecule has 0 aromatic heterocycles. The fourth-order valence-electron chi connectivity index (χ4n) is 1.64. The van der Waals surface area contributed by atoms with Gasteiger partial charge in [0.1, 0.15) is 0 Å². The first-order valence-electron chi connectivity index (χ1n) is 4.44. The molecule has 1 unspecified atom stereocenters. The quantitative estimate of drug-likeness (QED) is 0.687. The van der Waals surface area contributed by atoms with Crippen LogP contribution in [0.4, 0.5) is 0 Å². The van der Waals surface area contributed by atoms with Gasteiger partial charge in [0, 0.05) is 12.0 Å². The van der Waals surface area contributed by atoms with E-state index < -0.39 is 0 Å². The lowest BCUT2D eigenvalue weighted by molar-refractivity contribution is -0.113. The highest BCUT2D eigenvalue weighted by molar-refractivity contribution is 5.94. The van der Waals surface area contributed by atoms with Crippen molar-refractivity contribution in [3.63, 3.8) is 0 Å². The maximum atomic E-state index is 11.0. The van der Waals surface area contributed by atoms with E-state index in [0.717, 1.165) is 6.42 Å². The van der Waals surface area contributed by atoms with Crippen molar-refractivity contribution in [3.8, 4) is 0 Å². The zero-order valence-corrected chi connectivity index (χ0v) is 7.92. The van der Waals surface area contributed by atoms with Gasteiger partial charge in [0.25, 0.3) is 0 Å². The van der Waals surface area contributed by atoms with E-state index in [1.807, 2.05) is 0 Å². The standard InChI is InChI=1S/C10H16O2/c1-6(2)8-4-9(7(3)11)10(12)5-8/h6,8,12H,4-5H2,1-3H3. The van der Waals surface area contributed by atoms with Crippen LogP contribution in [-0.4, -0.2) is 10.9 Å². The molecule has 0 bridgehead atoms. The smallest absolute Gasteiger partial charge is 0.159 e. The van der Waals surface area contributed by atoms with Crippen molar-refractivity contribution in [1.82, 2.24) is 0 Å². The lowest BCUT2D eigenvalue weighted by Gasteiger charge is -2.12. The molecule has 1 atom stereocenters. The second kappa shape index (κ2) is 3.30. The summed E-state index contributed by atoms with van der Waals surface area (Å²) in [6, 6.07) is 0. The number of rotatable bonds is 2. The maximum absolute atomic E-state index is 11.0. The van der Waals surface area contributed by atoms with Gasteiger partial charge in [-0.2, -0.15) is 0 Å². The van der Waals surface area contributed by atoms with Gasteiger partial charge < -0.3 is 5.11 Å². The van der Waals surface area contributed by atoms with Gasteiger partial charge in [-0.25, -0.2) is 0 Å². The van der Waals surface area contributed by atoms with Gasteiger partial charge in [-0.15, -0.1) is 0 Å². The number of allylic oxidation sites excluding steroid dienone is 2. The van der Waals surface area contributed by atoms with E-state index in [1.165, 1.54) is 6.92 Å². The Labute approximate surface area is 73.3 Å². The summed E-state index contributed by atoms with van der Waals surface area (Å²) >= 11 is 0. The first kappa shape index (κ1) is 9.30. The van der Waals surface area contributed by atoms with Gasteiger partial charge in [-0.3, -0.25) is 4.79 Å². The molecule has 12 heavy (non-hydrogen) atoms. The van der Waals surface area contributed by atoms with Crippen LogP contribution >= 0.6 is 0 Å². The molecule has 0 radical (unpaired) electrons. The van der Waals surface area contributed by atoms with E-state index in [1.54, 1.807) is 0 Å². The molecule has 0 aromatic rings. The first-order valence-corrected chi connectivity index (χ1v) is 4.44. The Bertz CT molecular complexity index is 226. The number of carbonyl (C=O) groups is 1. The van der Waals surface area contributed by atoms with E-state index in [2.05, 4.69) is 13.8 Å². The summed E-state index contributed by atoms with van der Waals surface area (Å²) in [5.74, 6) is 1.35. The number of carbonyl (C=O) groups excluding carboxylic acids is 1. The van der Waals surface area contributed by atoms with Gasteiger partial charge >= 0.3 is 0 Å². The molecule has 0 aliphatic heterocycles. The van der Waals surface area contributed by atoms with Crippen molar-refractivity contribution in [3.05, 3.63) is 11.3 Å². The number of aliphatic hydroxyl groups excluding tert-OH is 1. The van der Waals surface area contributed by atoms with Crippen LogP contribution in [0.1, 0.15) is 33.6 Å². The number of aliphatic hydroxyl groups is 1. The summed E-state index contributed by atoms with van der Waals surface area (Å²) < 4.78 is 0. The molecule has 1 aliphatic carbocycles. The van der Waals surface area contributed by atoms with Gasteiger partial charge in [0.15, 0.2) is 5.78 Å². The average molecular weight is 168 g/mol. The summed E-state index contributed by atoms with van der Waals surface area (Å²) in [6.45, 7) is 5.77. The molecular weight excluding hydrogens is 152 g/mol. The van der Waals surface area contributed by atoms with Crippen molar-refractivity contribution in [2.24, 2.45) is 11.8 Å². The highest BCUT2D eigenvalue weighted by atomic mass is 16.3. The minimum Gasteiger partial charge on any atom is -0.512 e. The Morgan fingerprint density at radius 3 is 2.33 bits per heavy atom. The van der Waals surface area contributed by atoms with Crippen molar-refractivity contribution in [2.45, 2.75) is 33.6 Å². The number of hydrogen-bond donors (Lipinski definition) is 1. The number of Topliss-reactive ketones (excluding diaryl/α,β-unsaturated/α-hetero) is 1. The molecular formula is C10H16O2. The highest BCUT2D eigenvalue weighted by Crippen LogP contribution is 2.34. The number of hydrogen-bond acceptors (Lipinski definition) is 2. The van der Waals surface area contributed by atoms with Crippen LogP contribution in [0.5, 0.6) is 0 Å². The van der Waals surface area contributed by atoms with Crippen LogP contribution in [0, 0.1) is 11.8 Å². The molecule has 0 heterocycles. The van der Waals surface area contributed by atoms with Gasteiger partial charge in [-0.1, -0.05) is 13.8 Å². The topological polar surface area (TPSA) is 37.3 Å². The Morgan fingerprint density at radius 1 is 1.50 bits per heavy atom. The predicted molar refractivity (Wildman–Crippen MR) is 47.9 cm³/mol. The van der Waals surface area contributed by atoms with Gasteiger partial charge in [0.2, 0.25) is 0 Å².